The SMILES string of the molecule is Cc1ccc(-c2ccc(C(=O)Nc3ccc(N4CCC(N(C)C)C4)cc3)o2)c(NC(=O)C(C)C)c1. The summed E-state index contributed by atoms with van der Waals surface area (Å²) < 4.78 is 5.89. The van der Waals surface area contributed by atoms with Gasteiger partial charge < -0.3 is 24.9 Å². The number of benzene rings is 2. The smallest absolute Gasteiger partial charge is 0.291 e. The van der Waals surface area contributed by atoms with E-state index in [9.17, 15) is 9.59 Å². The molecule has 7 nitrogen and oxygen atoms in total. The first-order chi connectivity index (χ1) is 16.7. The Morgan fingerprint density at radius 2 is 1.77 bits per heavy atom. The van der Waals surface area contributed by atoms with Crippen LogP contribution in [0.3, 0.4) is 0 Å². The number of rotatable bonds is 7. The molecular weight excluding hydrogens is 440 g/mol. The van der Waals surface area contributed by atoms with Crippen LogP contribution in [0.2, 0.25) is 0 Å². The van der Waals surface area contributed by atoms with Crippen molar-refractivity contribution in [3.8, 4) is 11.3 Å². The second kappa shape index (κ2) is 10.4. The van der Waals surface area contributed by atoms with E-state index in [4.69, 9.17) is 4.42 Å². The van der Waals surface area contributed by atoms with Crippen LogP contribution in [-0.4, -0.2) is 49.9 Å². The number of carbonyl (C=O) groups is 2. The lowest BCUT2D eigenvalue weighted by atomic mass is 10.1. The molecule has 35 heavy (non-hydrogen) atoms. The lowest BCUT2D eigenvalue weighted by Gasteiger charge is -2.22. The summed E-state index contributed by atoms with van der Waals surface area (Å²) in [7, 11) is 4.24. The summed E-state index contributed by atoms with van der Waals surface area (Å²) in [6, 6.07) is 17.6. The Labute approximate surface area is 207 Å². The van der Waals surface area contributed by atoms with Crippen molar-refractivity contribution in [1.29, 1.82) is 0 Å². The Bertz CT molecular complexity index is 1200. The molecule has 3 aromatic rings. The number of hydrogen-bond acceptors (Lipinski definition) is 5. The molecule has 0 bridgehead atoms. The fourth-order valence-corrected chi connectivity index (χ4v) is 4.20. The maximum absolute atomic E-state index is 12.8. The minimum Gasteiger partial charge on any atom is -0.451 e. The van der Waals surface area contributed by atoms with Crippen LogP contribution in [0, 0.1) is 12.8 Å². The molecule has 184 valence electrons. The van der Waals surface area contributed by atoms with E-state index in [0.717, 1.165) is 36.3 Å². The summed E-state index contributed by atoms with van der Waals surface area (Å²) in [6.45, 7) is 7.69. The molecule has 1 aliphatic rings. The first kappa shape index (κ1) is 24.5. The van der Waals surface area contributed by atoms with Crippen LogP contribution in [0.15, 0.2) is 59.0 Å². The number of carbonyl (C=O) groups excluding carboxylic acids is 2. The van der Waals surface area contributed by atoms with Gasteiger partial charge in [-0.3, -0.25) is 9.59 Å². The zero-order valence-electron chi connectivity index (χ0n) is 21.1. The van der Waals surface area contributed by atoms with Crippen molar-refractivity contribution in [3.63, 3.8) is 0 Å². The van der Waals surface area contributed by atoms with Crippen LogP contribution >= 0.6 is 0 Å². The van der Waals surface area contributed by atoms with Gasteiger partial charge in [0.1, 0.15) is 5.76 Å². The standard InChI is InChI=1S/C28H34N4O3/c1-18(2)27(33)30-24-16-19(3)6-11-23(24)25-12-13-26(35-25)28(34)29-20-7-9-21(10-8-20)32-15-14-22(17-32)31(4)5/h6-13,16,18,22H,14-15,17H2,1-5H3,(H,29,34)(H,30,33). The van der Waals surface area contributed by atoms with Crippen LogP contribution < -0.4 is 15.5 Å². The van der Waals surface area contributed by atoms with E-state index in [1.54, 1.807) is 12.1 Å². The van der Waals surface area contributed by atoms with Crippen LogP contribution in [0.1, 0.15) is 36.4 Å². The number of aryl methyl sites for hydroxylation is 1. The minimum atomic E-state index is -0.322. The van der Waals surface area contributed by atoms with Crippen molar-refractivity contribution in [3.05, 3.63) is 65.9 Å². The highest BCUT2D eigenvalue weighted by atomic mass is 16.4. The van der Waals surface area contributed by atoms with Gasteiger partial charge in [0.15, 0.2) is 5.76 Å². The van der Waals surface area contributed by atoms with Gasteiger partial charge in [0.25, 0.3) is 5.91 Å². The third-order valence-electron chi connectivity index (χ3n) is 6.44. The van der Waals surface area contributed by atoms with Crippen molar-refractivity contribution >= 4 is 28.9 Å². The molecular formula is C28H34N4O3. The molecule has 1 aliphatic heterocycles. The zero-order valence-corrected chi connectivity index (χ0v) is 21.1. The molecule has 2 N–H and O–H groups in total. The molecule has 1 fully saturated rings. The van der Waals surface area contributed by atoms with Crippen molar-refractivity contribution in [2.45, 2.75) is 33.2 Å². The molecule has 0 radical (unpaired) electrons. The van der Waals surface area contributed by atoms with E-state index in [1.165, 1.54) is 0 Å². The Morgan fingerprint density at radius 3 is 2.43 bits per heavy atom. The summed E-state index contributed by atoms with van der Waals surface area (Å²) in [5, 5.41) is 5.87. The number of anilines is 3. The molecule has 2 heterocycles. The Morgan fingerprint density at radius 1 is 1.03 bits per heavy atom. The number of furan rings is 1. The summed E-state index contributed by atoms with van der Waals surface area (Å²) in [6.07, 6.45) is 1.15. The molecule has 2 aromatic carbocycles. The van der Waals surface area contributed by atoms with Gasteiger partial charge in [-0.1, -0.05) is 19.9 Å². The average molecular weight is 475 g/mol. The summed E-state index contributed by atoms with van der Waals surface area (Å²) in [4.78, 5) is 29.7. The summed E-state index contributed by atoms with van der Waals surface area (Å²) in [5.41, 5.74) is 4.28. The van der Waals surface area contributed by atoms with Crippen LogP contribution in [0.25, 0.3) is 11.3 Å². The van der Waals surface area contributed by atoms with Crippen molar-refractivity contribution in [2.24, 2.45) is 5.92 Å². The quantitative estimate of drug-likeness (QED) is 0.490. The molecule has 0 aliphatic carbocycles. The number of amides is 2. The van der Waals surface area contributed by atoms with Gasteiger partial charge >= 0.3 is 0 Å². The third-order valence-corrected chi connectivity index (χ3v) is 6.44. The van der Waals surface area contributed by atoms with Crippen molar-refractivity contribution in [2.75, 3.05) is 42.7 Å². The van der Waals surface area contributed by atoms with Crippen LogP contribution in [-0.2, 0) is 4.79 Å². The predicted octanol–water partition coefficient (Wildman–Crippen LogP) is 5.24. The molecule has 1 atom stereocenters. The average Bonchev–Trinajstić information content (AvgIpc) is 3.50. The molecule has 4 rings (SSSR count). The van der Waals surface area contributed by atoms with Gasteiger partial charge in [0, 0.05) is 42.0 Å². The highest BCUT2D eigenvalue weighted by Crippen LogP contribution is 2.31. The van der Waals surface area contributed by atoms with E-state index in [1.807, 2.05) is 63.2 Å². The van der Waals surface area contributed by atoms with Gasteiger partial charge in [-0.25, -0.2) is 0 Å². The normalized spacial score (nSPS) is 15.6. The second-order valence-electron chi connectivity index (χ2n) is 9.71. The molecule has 1 saturated heterocycles. The molecule has 1 aromatic heterocycles. The molecule has 1 unspecified atom stereocenters. The lowest BCUT2D eigenvalue weighted by molar-refractivity contribution is -0.118. The first-order valence-corrected chi connectivity index (χ1v) is 12.1. The Balaban J connectivity index is 1.44. The molecule has 7 heteroatoms. The van der Waals surface area contributed by atoms with Gasteiger partial charge in [-0.2, -0.15) is 0 Å². The van der Waals surface area contributed by atoms with Gasteiger partial charge in [-0.05, 0) is 81.5 Å². The van der Waals surface area contributed by atoms with Gasteiger partial charge in [0.05, 0.1) is 5.69 Å². The van der Waals surface area contributed by atoms with Gasteiger partial charge in [-0.15, -0.1) is 0 Å². The highest BCUT2D eigenvalue weighted by molar-refractivity contribution is 6.03. The third kappa shape index (κ3) is 5.74. The van der Waals surface area contributed by atoms with Crippen molar-refractivity contribution < 1.29 is 14.0 Å². The van der Waals surface area contributed by atoms with Crippen molar-refractivity contribution in [1.82, 2.24) is 4.90 Å². The van der Waals surface area contributed by atoms with E-state index < -0.39 is 0 Å². The highest BCUT2D eigenvalue weighted by Gasteiger charge is 2.24. The topological polar surface area (TPSA) is 77.8 Å². The summed E-state index contributed by atoms with van der Waals surface area (Å²) in [5.74, 6) is 0.189. The van der Waals surface area contributed by atoms with E-state index >= 15 is 0 Å². The number of nitrogens with zero attached hydrogens (tertiary/aromatic N) is 2. The lowest BCUT2D eigenvalue weighted by Crippen LogP contribution is -2.31. The Hall–Kier alpha value is -3.58. The van der Waals surface area contributed by atoms with E-state index in [2.05, 4.69) is 34.5 Å². The second-order valence-corrected chi connectivity index (χ2v) is 9.71. The Kier molecular flexibility index (Phi) is 7.26. The molecule has 2 amide bonds. The molecule has 0 saturated carbocycles. The fraction of sp³-hybridized carbons (Fsp3) is 0.357. The fourth-order valence-electron chi connectivity index (χ4n) is 4.20. The number of hydrogen-bond donors (Lipinski definition) is 2. The largest absolute Gasteiger partial charge is 0.451 e. The van der Waals surface area contributed by atoms with Gasteiger partial charge in [0.2, 0.25) is 5.91 Å². The zero-order chi connectivity index (χ0) is 25.1. The van der Waals surface area contributed by atoms with Crippen LogP contribution in [0.5, 0.6) is 0 Å². The minimum absolute atomic E-state index is 0.0732. The van der Waals surface area contributed by atoms with E-state index in [-0.39, 0.29) is 23.5 Å². The number of nitrogens with one attached hydrogen (secondary N) is 2. The van der Waals surface area contributed by atoms with E-state index in [0.29, 0.717) is 23.2 Å². The first-order valence-electron chi connectivity index (χ1n) is 12.1. The monoisotopic (exact) mass is 474 g/mol. The maximum Gasteiger partial charge on any atom is 0.291 e. The summed E-state index contributed by atoms with van der Waals surface area (Å²) >= 11 is 0. The number of likely N-dealkylation sites (N-methyl/N-ethyl adjacent to an activating group) is 1. The van der Waals surface area contributed by atoms with Crippen LogP contribution in [0.4, 0.5) is 17.1 Å². The predicted molar refractivity (Wildman–Crippen MR) is 141 cm³/mol. The molecule has 0 spiro atoms. The maximum atomic E-state index is 12.8.